The second-order valence-corrected chi connectivity index (χ2v) is 7.93. The van der Waals surface area contributed by atoms with Crippen LogP contribution in [-0.2, 0) is 14.6 Å². The number of hydrogen-bond donors (Lipinski definition) is 2. The fourth-order valence-electron chi connectivity index (χ4n) is 2.63. The van der Waals surface area contributed by atoms with E-state index in [0.29, 0.717) is 5.56 Å². The van der Waals surface area contributed by atoms with E-state index in [-0.39, 0.29) is 29.8 Å². The summed E-state index contributed by atoms with van der Waals surface area (Å²) in [6.07, 6.45) is 1.16. The Morgan fingerprint density at radius 2 is 1.84 bits per heavy atom. The number of halogens is 1. The quantitative estimate of drug-likeness (QED) is 0.830. The molecule has 5 nitrogen and oxygen atoms in total. The molecule has 2 rings (SSSR count). The van der Waals surface area contributed by atoms with Crippen LogP contribution in [0.2, 0.25) is 0 Å². The fourth-order valence-corrected chi connectivity index (χ4v) is 3.31. The first-order valence-corrected chi connectivity index (χ1v) is 9.48. The van der Waals surface area contributed by atoms with Crippen molar-refractivity contribution >= 4 is 28.2 Å². The van der Waals surface area contributed by atoms with Crippen LogP contribution in [0.4, 0.5) is 0 Å². The zero-order valence-corrected chi connectivity index (χ0v) is 16.1. The maximum atomic E-state index is 11.9. The number of carbonyl (C=O) groups excluding carboxylic acids is 1. The van der Waals surface area contributed by atoms with Gasteiger partial charge in [-0.2, -0.15) is 0 Å². The molecule has 0 spiro atoms. The van der Waals surface area contributed by atoms with E-state index in [4.69, 9.17) is 5.73 Å². The molecule has 0 aromatic heterocycles. The summed E-state index contributed by atoms with van der Waals surface area (Å²) in [6, 6.07) is 12.1. The summed E-state index contributed by atoms with van der Waals surface area (Å²) >= 11 is 0. The third-order valence-electron chi connectivity index (χ3n) is 3.85. The molecule has 7 heteroatoms. The highest BCUT2D eigenvalue weighted by Crippen LogP contribution is 2.27. The van der Waals surface area contributed by atoms with E-state index in [1.807, 2.05) is 32.0 Å². The van der Waals surface area contributed by atoms with Crippen LogP contribution in [0.1, 0.15) is 28.3 Å². The van der Waals surface area contributed by atoms with Gasteiger partial charge in [-0.1, -0.05) is 35.9 Å². The third-order valence-corrected chi connectivity index (χ3v) is 4.96. The number of rotatable bonds is 5. The number of benzene rings is 2. The summed E-state index contributed by atoms with van der Waals surface area (Å²) in [5.41, 5.74) is 9.17. The summed E-state index contributed by atoms with van der Waals surface area (Å²) in [7, 11) is -3.33. The Morgan fingerprint density at radius 3 is 2.40 bits per heavy atom. The Bertz CT molecular complexity index is 866. The predicted molar refractivity (Wildman–Crippen MR) is 102 cm³/mol. The van der Waals surface area contributed by atoms with Gasteiger partial charge >= 0.3 is 0 Å². The molecule has 0 fully saturated rings. The van der Waals surface area contributed by atoms with Gasteiger partial charge in [-0.05, 0) is 42.7 Å². The summed E-state index contributed by atoms with van der Waals surface area (Å²) in [4.78, 5) is 12.1. The summed E-state index contributed by atoms with van der Waals surface area (Å²) in [5, 5.41) is 2.88. The summed E-state index contributed by atoms with van der Waals surface area (Å²) in [5.74, 6) is -0.301. The number of aryl methyl sites for hydroxylation is 2. The van der Waals surface area contributed by atoms with E-state index in [2.05, 4.69) is 5.32 Å². The number of sulfone groups is 1. The highest BCUT2D eigenvalue weighted by atomic mass is 35.5. The number of nitrogens with two attached hydrogens (primary N) is 1. The zero-order chi connectivity index (χ0) is 17.9. The molecule has 0 saturated heterocycles. The molecule has 0 aliphatic rings. The van der Waals surface area contributed by atoms with E-state index in [0.717, 1.165) is 22.9 Å². The van der Waals surface area contributed by atoms with Crippen molar-refractivity contribution < 1.29 is 13.2 Å². The largest absolute Gasteiger partial charge is 0.344 e. The van der Waals surface area contributed by atoms with Crippen LogP contribution >= 0.6 is 12.4 Å². The van der Waals surface area contributed by atoms with E-state index in [1.165, 1.54) is 0 Å². The van der Waals surface area contributed by atoms with Gasteiger partial charge in [-0.3, -0.25) is 4.79 Å². The molecule has 1 amide bonds. The molecule has 2 aromatic carbocycles. The van der Waals surface area contributed by atoms with Gasteiger partial charge in [0.1, 0.15) is 0 Å². The van der Waals surface area contributed by atoms with Gasteiger partial charge in [-0.25, -0.2) is 8.42 Å². The molecular weight excluding hydrogens is 360 g/mol. The minimum Gasteiger partial charge on any atom is -0.344 e. The van der Waals surface area contributed by atoms with Gasteiger partial charge in [0.05, 0.1) is 17.5 Å². The lowest BCUT2D eigenvalue weighted by Gasteiger charge is -2.22. The molecule has 0 saturated carbocycles. The molecular formula is C18H23ClN2O3S. The van der Waals surface area contributed by atoms with Crippen LogP contribution in [0, 0.1) is 13.8 Å². The van der Waals surface area contributed by atoms with Crippen molar-refractivity contribution in [3.05, 3.63) is 64.7 Å². The monoisotopic (exact) mass is 382 g/mol. The molecule has 0 aliphatic carbocycles. The number of amides is 1. The van der Waals surface area contributed by atoms with Crippen LogP contribution in [0.5, 0.6) is 0 Å². The maximum absolute atomic E-state index is 11.9. The Balaban J connectivity index is 0.00000312. The van der Waals surface area contributed by atoms with E-state index < -0.39 is 15.9 Å². The van der Waals surface area contributed by atoms with Gasteiger partial charge < -0.3 is 11.1 Å². The van der Waals surface area contributed by atoms with Gasteiger partial charge in [0.2, 0.25) is 5.91 Å². The van der Waals surface area contributed by atoms with Crippen LogP contribution in [0.3, 0.4) is 0 Å². The Hall–Kier alpha value is -1.89. The van der Waals surface area contributed by atoms with E-state index >= 15 is 0 Å². The van der Waals surface area contributed by atoms with Crippen molar-refractivity contribution in [1.82, 2.24) is 5.32 Å². The molecule has 0 heterocycles. The smallest absolute Gasteiger partial charge is 0.234 e. The van der Waals surface area contributed by atoms with Crippen LogP contribution in [0.15, 0.2) is 47.4 Å². The molecule has 1 atom stereocenters. The second kappa shape index (κ2) is 8.47. The number of hydrogen-bond acceptors (Lipinski definition) is 4. The normalized spacial score (nSPS) is 12.2. The van der Waals surface area contributed by atoms with E-state index in [1.54, 1.807) is 24.3 Å². The highest BCUT2D eigenvalue weighted by molar-refractivity contribution is 7.90. The Labute approximate surface area is 155 Å². The molecule has 0 radical (unpaired) electrons. The average molecular weight is 383 g/mol. The molecule has 0 bridgehead atoms. The van der Waals surface area contributed by atoms with Crippen LogP contribution in [-0.4, -0.2) is 27.1 Å². The van der Waals surface area contributed by atoms with Crippen molar-refractivity contribution in [1.29, 1.82) is 0 Å². The van der Waals surface area contributed by atoms with Gasteiger partial charge in [0.15, 0.2) is 9.84 Å². The van der Waals surface area contributed by atoms with Gasteiger partial charge in [0, 0.05) is 6.26 Å². The summed E-state index contributed by atoms with van der Waals surface area (Å²) < 4.78 is 23.7. The predicted octanol–water partition coefficient (Wildman–Crippen LogP) is 2.29. The average Bonchev–Trinajstić information content (AvgIpc) is 2.52. The zero-order valence-electron chi connectivity index (χ0n) is 14.4. The van der Waals surface area contributed by atoms with Crippen molar-refractivity contribution in [2.75, 3.05) is 12.8 Å². The maximum Gasteiger partial charge on any atom is 0.234 e. The number of nitrogens with one attached hydrogen (secondary N) is 1. The van der Waals surface area contributed by atoms with Crippen molar-refractivity contribution in [2.24, 2.45) is 5.73 Å². The Kier molecular flexibility index (Phi) is 7.17. The van der Waals surface area contributed by atoms with Gasteiger partial charge in [0.25, 0.3) is 0 Å². The summed E-state index contributed by atoms with van der Waals surface area (Å²) in [6.45, 7) is 3.83. The molecule has 136 valence electrons. The minimum atomic E-state index is -3.33. The van der Waals surface area contributed by atoms with Gasteiger partial charge in [-0.15, -0.1) is 12.4 Å². The SMILES string of the molecule is Cc1ccc(C(NC(=O)CN)c2cccc(S(C)(=O)=O)c2)c(C)c1.Cl. The third kappa shape index (κ3) is 5.29. The first-order chi connectivity index (χ1) is 11.2. The molecule has 25 heavy (non-hydrogen) atoms. The molecule has 2 aromatic rings. The lowest BCUT2D eigenvalue weighted by Crippen LogP contribution is -2.34. The first kappa shape index (κ1) is 21.2. The fraction of sp³-hybridized carbons (Fsp3) is 0.278. The first-order valence-electron chi connectivity index (χ1n) is 7.59. The molecule has 0 aliphatic heterocycles. The van der Waals surface area contributed by atoms with Crippen molar-refractivity contribution in [3.63, 3.8) is 0 Å². The van der Waals surface area contributed by atoms with Crippen LogP contribution in [0.25, 0.3) is 0 Å². The van der Waals surface area contributed by atoms with Crippen molar-refractivity contribution in [3.8, 4) is 0 Å². The standard InChI is InChI=1S/C18H22N2O3S.ClH/c1-12-7-8-16(13(2)9-12)18(20-17(21)11-19)14-5-4-6-15(10-14)24(3,22)23;/h4-10,18H,11,19H2,1-3H3,(H,20,21);1H. The highest BCUT2D eigenvalue weighted by Gasteiger charge is 2.20. The topological polar surface area (TPSA) is 89.3 Å². The van der Waals surface area contributed by atoms with Crippen molar-refractivity contribution in [2.45, 2.75) is 24.8 Å². The molecule has 1 unspecified atom stereocenters. The van der Waals surface area contributed by atoms with E-state index in [9.17, 15) is 13.2 Å². The van der Waals surface area contributed by atoms with Crippen LogP contribution < -0.4 is 11.1 Å². The lowest BCUT2D eigenvalue weighted by molar-refractivity contribution is -0.120. The molecule has 3 N–H and O–H groups in total. The number of carbonyl (C=O) groups is 1. The Morgan fingerprint density at radius 1 is 1.16 bits per heavy atom. The second-order valence-electron chi connectivity index (χ2n) is 5.91. The minimum absolute atomic E-state index is 0. The lowest BCUT2D eigenvalue weighted by atomic mass is 9.93.